The third-order valence-corrected chi connectivity index (χ3v) is 3.46. The summed E-state index contributed by atoms with van der Waals surface area (Å²) in [4.78, 5) is 24.4. The van der Waals surface area contributed by atoms with Crippen molar-refractivity contribution in [2.24, 2.45) is 0 Å². The van der Waals surface area contributed by atoms with Gasteiger partial charge in [-0.3, -0.25) is 14.7 Å². The predicted molar refractivity (Wildman–Crippen MR) is 85.2 cm³/mol. The number of carbonyl (C=O) groups excluding carboxylic acids is 1. The summed E-state index contributed by atoms with van der Waals surface area (Å²) in [6.45, 7) is 0. The third-order valence-electron chi connectivity index (χ3n) is 3.20. The van der Waals surface area contributed by atoms with Gasteiger partial charge in [-0.05, 0) is 17.7 Å². The Bertz CT molecular complexity index is 871. The average Bonchev–Trinajstić information content (AvgIpc) is 2.56. The zero-order chi connectivity index (χ0) is 15.5. The van der Waals surface area contributed by atoms with Crippen molar-refractivity contribution in [3.63, 3.8) is 0 Å². The number of halogens is 1. The molecule has 4 nitrogen and oxygen atoms in total. The van der Waals surface area contributed by atoms with Crippen molar-refractivity contribution < 1.29 is 4.79 Å². The van der Waals surface area contributed by atoms with E-state index in [4.69, 9.17) is 11.6 Å². The maximum Gasteiger partial charge on any atom is 0.217 e. The highest BCUT2D eigenvalue weighted by atomic mass is 35.5. The molecule has 5 heteroatoms. The van der Waals surface area contributed by atoms with Gasteiger partial charge in [0.2, 0.25) is 11.2 Å². The Labute approximate surface area is 131 Å². The Morgan fingerprint density at radius 2 is 1.68 bits per heavy atom. The average molecular weight is 311 g/mol. The van der Waals surface area contributed by atoms with E-state index in [1.54, 1.807) is 54.6 Å². The molecule has 22 heavy (non-hydrogen) atoms. The Morgan fingerprint density at radius 3 is 2.32 bits per heavy atom. The fourth-order valence-electron chi connectivity index (χ4n) is 2.07. The van der Waals surface area contributed by atoms with Crippen LogP contribution in [0, 0.1) is 0 Å². The Kier molecular flexibility index (Phi) is 3.85. The van der Waals surface area contributed by atoms with Crippen LogP contribution in [0.15, 0.2) is 65.5 Å². The molecule has 1 N–H and O–H groups in total. The predicted octanol–water partition coefficient (Wildman–Crippen LogP) is 3.32. The Balaban J connectivity index is 1.98. The van der Waals surface area contributed by atoms with Gasteiger partial charge >= 0.3 is 0 Å². The van der Waals surface area contributed by atoms with Crippen LogP contribution >= 0.6 is 11.6 Å². The second-order valence-corrected chi connectivity index (χ2v) is 5.13. The Morgan fingerprint density at radius 1 is 1.00 bits per heavy atom. The van der Waals surface area contributed by atoms with Gasteiger partial charge in [0.15, 0.2) is 5.69 Å². The molecule has 0 bridgehead atoms. The van der Waals surface area contributed by atoms with E-state index >= 15 is 0 Å². The van der Waals surface area contributed by atoms with E-state index in [1.165, 1.54) is 6.07 Å². The maximum absolute atomic E-state index is 12.3. The molecule has 3 aromatic rings. The SMILES string of the molecule is O=C(c1ccccc1)c1n[nH]c(-c2ccc(Cl)cc2)cc1=O. The van der Waals surface area contributed by atoms with Gasteiger partial charge in [-0.2, -0.15) is 5.10 Å². The molecule has 0 aliphatic heterocycles. The smallest absolute Gasteiger partial charge is 0.217 e. The van der Waals surface area contributed by atoms with Crippen molar-refractivity contribution in [1.29, 1.82) is 0 Å². The summed E-state index contributed by atoms with van der Waals surface area (Å²) in [5.41, 5.74) is 1.19. The van der Waals surface area contributed by atoms with Crippen LogP contribution in [0.1, 0.15) is 16.1 Å². The molecule has 0 aliphatic carbocycles. The van der Waals surface area contributed by atoms with Crippen LogP contribution in [0.2, 0.25) is 5.02 Å². The van der Waals surface area contributed by atoms with Crippen LogP contribution in [0.4, 0.5) is 0 Å². The summed E-state index contributed by atoms with van der Waals surface area (Å²) in [6, 6.07) is 16.9. The fourth-order valence-corrected chi connectivity index (χ4v) is 2.20. The molecule has 3 rings (SSSR count). The van der Waals surface area contributed by atoms with E-state index < -0.39 is 11.2 Å². The van der Waals surface area contributed by atoms with Crippen molar-refractivity contribution in [3.05, 3.63) is 87.2 Å². The highest BCUT2D eigenvalue weighted by Crippen LogP contribution is 2.18. The number of rotatable bonds is 3. The van der Waals surface area contributed by atoms with Gasteiger partial charge < -0.3 is 0 Å². The van der Waals surface area contributed by atoms with Gasteiger partial charge in [0.05, 0.1) is 5.69 Å². The summed E-state index contributed by atoms with van der Waals surface area (Å²) < 4.78 is 0. The van der Waals surface area contributed by atoms with Crippen LogP contribution in [0.3, 0.4) is 0 Å². The van der Waals surface area contributed by atoms with Gasteiger partial charge in [0, 0.05) is 16.7 Å². The number of benzene rings is 2. The van der Waals surface area contributed by atoms with Crippen LogP contribution in [-0.4, -0.2) is 16.0 Å². The topological polar surface area (TPSA) is 62.8 Å². The first-order valence-electron chi connectivity index (χ1n) is 6.60. The highest BCUT2D eigenvalue weighted by Gasteiger charge is 2.15. The minimum atomic E-state index is -0.419. The van der Waals surface area contributed by atoms with E-state index in [9.17, 15) is 9.59 Å². The molecule has 108 valence electrons. The van der Waals surface area contributed by atoms with E-state index in [1.807, 2.05) is 0 Å². The van der Waals surface area contributed by atoms with E-state index in [2.05, 4.69) is 10.2 Å². The zero-order valence-electron chi connectivity index (χ0n) is 11.4. The first-order chi connectivity index (χ1) is 10.6. The van der Waals surface area contributed by atoms with Gasteiger partial charge in [0.1, 0.15) is 0 Å². The van der Waals surface area contributed by atoms with E-state index in [0.717, 1.165) is 5.56 Å². The molecule has 0 amide bonds. The second kappa shape index (κ2) is 5.95. The lowest BCUT2D eigenvalue weighted by Crippen LogP contribution is -2.19. The third kappa shape index (κ3) is 2.82. The molecule has 2 aromatic carbocycles. The maximum atomic E-state index is 12.3. The van der Waals surface area contributed by atoms with Crippen LogP contribution in [-0.2, 0) is 0 Å². The molecule has 0 fully saturated rings. The van der Waals surface area contributed by atoms with Crippen molar-refractivity contribution in [2.45, 2.75) is 0 Å². The molecular weight excluding hydrogens is 300 g/mol. The first kappa shape index (κ1) is 14.2. The number of hydrogen-bond acceptors (Lipinski definition) is 3. The standard InChI is InChI=1S/C17H11ClN2O2/c18-13-8-6-11(7-9-13)14-10-15(21)16(20-19-14)17(22)12-4-2-1-3-5-12/h1-10H,(H,19,21). The quantitative estimate of drug-likeness (QED) is 0.755. The molecule has 0 saturated carbocycles. The summed E-state index contributed by atoms with van der Waals surface area (Å²) in [7, 11) is 0. The summed E-state index contributed by atoms with van der Waals surface area (Å²) in [5, 5.41) is 7.29. The zero-order valence-corrected chi connectivity index (χ0v) is 12.2. The molecule has 0 spiro atoms. The molecule has 0 unspecified atom stereocenters. The lowest BCUT2D eigenvalue weighted by molar-refractivity contribution is 0.103. The molecule has 1 heterocycles. The van der Waals surface area contributed by atoms with Gasteiger partial charge in [0.25, 0.3) is 0 Å². The number of aromatic amines is 1. The van der Waals surface area contributed by atoms with Crippen LogP contribution in [0.5, 0.6) is 0 Å². The number of nitrogens with one attached hydrogen (secondary N) is 1. The van der Waals surface area contributed by atoms with Crippen molar-refractivity contribution >= 4 is 17.4 Å². The van der Waals surface area contributed by atoms with Gasteiger partial charge in [-0.25, -0.2) is 0 Å². The largest absolute Gasteiger partial charge is 0.287 e. The molecule has 0 atom stereocenters. The number of aromatic nitrogens is 2. The number of carbonyl (C=O) groups is 1. The van der Waals surface area contributed by atoms with Crippen LogP contribution in [0.25, 0.3) is 11.3 Å². The number of hydrogen-bond donors (Lipinski definition) is 1. The van der Waals surface area contributed by atoms with Crippen molar-refractivity contribution in [3.8, 4) is 11.3 Å². The van der Waals surface area contributed by atoms with E-state index in [-0.39, 0.29) is 5.69 Å². The summed E-state index contributed by atoms with van der Waals surface area (Å²) in [6.07, 6.45) is 0. The summed E-state index contributed by atoms with van der Waals surface area (Å²) >= 11 is 5.83. The minimum Gasteiger partial charge on any atom is -0.287 e. The minimum absolute atomic E-state index is 0.121. The lowest BCUT2D eigenvalue weighted by Gasteiger charge is -2.03. The number of nitrogens with zero attached hydrogens (tertiary/aromatic N) is 1. The van der Waals surface area contributed by atoms with Crippen molar-refractivity contribution in [1.82, 2.24) is 10.2 Å². The monoisotopic (exact) mass is 310 g/mol. The number of H-pyrrole nitrogens is 1. The van der Waals surface area contributed by atoms with Gasteiger partial charge in [-0.15, -0.1) is 0 Å². The highest BCUT2D eigenvalue weighted by molar-refractivity contribution is 6.30. The van der Waals surface area contributed by atoms with E-state index in [0.29, 0.717) is 16.3 Å². The fraction of sp³-hybridized carbons (Fsp3) is 0. The first-order valence-corrected chi connectivity index (χ1v) is 6.98. The Hall–Kier alpha value is -2.72. The molecular formula is C17H11ClN2O2. The number of ketones is 1. The normalized spacial score (nSPS) is 10.4. The van der Waals surface area contributed by atoms with Crippen molar-refractivity contribution in [2.75, 3.05) is 0 Å². The second-order valence-electron chi connectivity index (χ2n) is 4.70. The summed E-state index contributed by atoms with van der Waals surface area (Å²) in [5.74, 6) is -0.399. The lowest BCUT2D eigenvalue weighted by atomic mass is 10.1. The molecule has 0 aliphatic rings. The molecule has 1 aromatic heterocycles. The van der Waals surface area contributed by atoms with Crippen LogP contribution < -0.4 is 5.43 Å². The van der Waals surface area contributed by atoms with Gasteiger partial charge in [-0.1, -0.05) is 54.1 Å². The molecule has 0 saturated heterocycles. The molecule has 0 radical (unpaired) electrons.